The Morgan fingerprint density at radius 1 is 1.47 bits per heavy atom. The number of rotatable bonds is 4. The third kappa shape index (κ3) is 2.17. The van der Waals surface area contributed by atoms with Gasteiger partial charge in [0.25, 0.3) is 0 Å². The molecule has 4 nitrogen and oxygen atoms in total. The first-order valence-corrected chi connectivity index (χ1v) is 7.32. The molecule has 4 heteroatoms. The van der Waals surface area contributed by atoms with Crippen molar-refractivity contribution in [1.29, 1.82) is 0 Å². The maximum Gasteiger partial charge on any atom is 0.229 e. The Kier molecular flexibility index (Phi) is 2.73. The van der Waals surface area contributed by atoms with Crippen LogP contribution in [-0.4, -0.2) is 15.7 Å². The third-order valence-electron chi connectivity index (χ3n) is 4.61. The smallest absolute Gasteiger partial charge is 0.229 e. The summed E-state index contributed by atoms with van der Waals surface area (Å²) in [6, 6.07) is 0. The standard InChI is InChI=1S/C15H23N3O/c1-5-18-9(2)12(10-6-7-10)13(17-18)16-14(19)11-8-15(11,3)4/h10-11H,5-8H2,1-4H3,(H,16,17,19)/t11-/m1/s1. The number of aromatic nitrogens is 2. The van der Waals surface area contributed by atoms with Crippen LogP contribution >= 0.6 is 0 Å². The first kappa shape index (κ1) is 12.7. The zero-order valence-corrected chi connectivity index (χ0v) is 12.3. The molecule has 1 atom stereocenters. The molecule has 1 heterocycles. The summed E-state index contributed by atoms with van der Waals surface area (Å²) in [5.74, 6) is 1.73. The average molecular weight is 261 g/mol. The maximum atomic E-state index is 12.2. The molecule has 1 N–H and O–H groups in total. The number of nitrogens with one attached hydrogen (secondary N) is 1. The molecule has 3 rings (SSSR count). The molecule has 1 aromatic rings. The fourth-order valence-corrected chi connectivity index (χ4v) is 2.94. The molecule has 2 fully saturated rings. The molecule has 1 amide bonds. The zero-order valence-electron chi connectivity index (χ0n) is 12.3. The number of amides is 1. The average Bonchev–Trinajstić information content (AvgIpc) is 3.23. The second-order valence-electron chi connectivity index (χ2n) is 6.67. The predicted molar refractivity (Wildman–Crippen MR) is 75.1 cm³/mol. The van der Waals surface area contributed by atoms with Crippen LogP contribution in [0.1, 0.15) is 57.2 Å². The normalized spacial score (nSPS) is 24.3. The van der Waals surface area contributed by atoms with Gasteiger partial charge in [0.15, 0.2) is 5.82 Å². The molecule has 0 aliphatic heterocycles. The number of carbonyl (C=O) groups is 1. The topological polar surface area (TPSA) is 46.9 Å². The predicted octanol–water partition coefficient (Wildman–Crippen LogP) is 3.07. The van der Waals surface area contributed by atoms with Crippen LogP contribution in [0, 0.1) is 18.3 Å². The summed E-state index contributed by atoms with van der Waals surface area (Å²) in [5, 5.41) is 7.65. The van der Waals surface area contributed by atoms with Crippen LogP contribution in [0.3, 0.4) is 0 Å². The zero-order chi connectivity index (χ0) is 13.8. The van der Waals surface area contributed by atoms with E-state index in [9.17, 15) is 4.79 Å². The van der Waals surface area contributed by atoms with Gasteiger partial charge < -0.3 is 5.32 Å². The number of anilines is 1. The molecular formula is C15H23N3O. The van der Waals surface area contributed by atoms with E-state index in [2.05, 4.69) is 38.1 Å². The van der Waals surface area contributed by atoms with Crippen LogP contribution in [0.2, 0.25) is 0 Å². The lowest BCUT2D eigenvalue weighted by atomic mass is 10.1. The SMILES string of the molecule is CCn1nc(NC(=O)[C@H]2CC2(C)C)c(C2CC2)c1C. The van der Waals surface area contributed by atoms with Crippen molar-refractivity contribution in [3.8, 4) is 0 Å². The van der Waals surface area contributed by atoms with Gasteiger partial charge in [0.1, 0.15) is 0 Å². The number of aryl methyl sites for hydroxylation is 1. The Bertz CT molecular complexity index is 526. The van der Waals surface area contributed by atoms with Crippen LogP contribution in [0.25, 0.3) is 0 Å². The highest BCUT2D eigenvalue weighted by atomic mass is 16.2. The highest BCUT2D eigenvalue weighted by molar-refractivity contribution is 5.95. The number of hydrogen-bond donors (Lipinski definition) is 1. The van der Waals surface area contributed by atoms with Crippen molar-refractivity contribution in [2.24, 2.45) is 11.3 Å². The molecule has 2 aliphatic rings. The Morgan fingerprint density at radius 2 is 2.11 bits per heavy atom. The van der Waals surface area contributed by atoms with Gasteiger partial charge >= 0.3 is 0 Å². The van der Waals surface area contributed by atoms with Crippen LogP contribution in [0.4, 0.5) is 5.82 Å². The van der Waals surface area contributed by atoms with Gasteiger partial charge in [-0.2, -0.15) is 5.10 Å². The van der Waals surface area contributed by atoms with Gasteiger partial charge in [-0.15, -0.1) is 0 Å². The molecule has 0 spiro atoms. The Morgan fingerprint density at radius 3 is 2.58 bits per heavy atom. The van der Waals surface area contributed by atoms with Gasteiger partial charge in [-0.25, -0.2) is 0 Å². The quantitative estimate of drug-likeness (QED) is 0.905. The third-order valence-corrected chi connectivity index (χ3v) is 4.61. The summed E-state index contributed by atoms with van der Waals surface area (Å²) in [5.41, 5.74) is 2.66. The molecule has 2 saturated carbocycles. The number of nitrogens with zero attached hydrogens (tertiary/aromatic N) is 2. The van der Waals surface area contributed by atoms with E-state index in [1.807, 2.05) is 4.68 Å². The highest BCUT2D eigenvalue weighted by Crippen LogP contribution is 2.52. The van der Waals surface area contributed by atoms with E-state index >= 15 is 0 Å². The minimum atomic E-state index is 0.146. The van der Waals surface area contributed by atoms with Crippen molar-refractivity contribution in [3.05, 3.63) is 11.3 Å². The van der Waals surface area contributed by atoms with Crippen molar-refractivity contribution < 1.29 is 4.79 Å². The second kappa shape index (κ2) is 4.09. The summed E-state index contributed by atoms with van der Waals surface area (Å²) < 4.78 is 2.00. The lowest BCUT2D eigenvalue weighted by molar-refractivity contribution is -0.118. The van der Waals surface area contributed by atoms with E-state index in [4.69, 9.17) is 0 Å². The summed E-state index contributed by atoms with van der Waals surface area (Å²) in [7, 11) is 0. The molecule has 19 heavy (non-hydrogen) atoms. The summed E-state index contributed by atoms with van der Waals surface area (Å²) in [6.07, 6.45) is 3.45. The van der Waals surface area contributed by atoms with Crippen molar-refractivity contribution in [1.82, 2.24) is 9.78 Å². The molecule has 0 bridgehead atoms. The Hall–Kier alpha value is -1.32. The van der Waals surface area contributed by atoms with Gasteiger partial charge in [-0.05, 0) is 44.4 Å². The minimum absolute atomic E-state index is 0.146. The summed E-state index contributed by atoms with van der Waals surface area (Å²) in [6.45, 7) is 9.35. The monoisotopic (exact) mass is 261 g/mol. The Labute approximate surface area is 114 Å². The van der Waals surface area contributed by atoms with Crippen molar-refractivity contribution >= 4 is 11.7 Å². The van der Waals surface area contributed by atoms with Crippen LogP contribution in [0.5, 0.6) is 0 Å². The van der Waals surface area contributed by atoms with E-state index in [0.717, 1.165) is 18.8 Å². The molecule has 0 radical (unpaired) electrons. The summed E-state index contributed by atoms with van der Waals surface area (Å²) in [4.78, 5) is 12.2. The molecular weight excluding hydrogens is 238 g/mol. The molecule has 0 saturated heterocycles. The van der Waals surface area contributed by atoms with Gasteiger partial charge in [-0.1, -0.05) is 13.8 Å². The largest absolute Gasteiger partial charge is 0.309 e. The van der Waals surface area contributed by atoms with E-state index < -0.39 is 0 Å². The van der Waals surface area contributed by atoms with Gasteiger partial charge in [0, 0.05) is 23.7 Å². The minimum Gasteiger partial charge on any atom is -0.309 e. The maximum absolute atomic E-state index is 12.2. The second-order valence-corrected chi connectivity index (χ2v) is 6.67. The first-order valence-electron chi connectivity index (χ1n) is 7.32. The van der Waals surface area contributed by atoms with E-state index in [1.54, 1.807) is 0 Å². The van der Waals surface area contributed by atoms with E-state index in [-0.39, 0.29) is 17.2 Å². The van der Waals surface area contributed by atoms with Crippen molar-refractivity contribution in [2.75, 3.05) is 5.32 Å². The molecule has 1 aromatic heterocycles. The lowest BCUT2D eigenvalue weighted by Gasteiger charge is -2.06. The fourth-order valence-electron chi connectivity index (χ4n) is 2.94. The van der Waals surface area contributed by atoms with Crippen molar-refractivity contribution in [2.45, 2.75) is 59.4 Å². The molecule has 2 aliphatic carbocycles. The summed E-state index contributed by atoms with van der Waals surface area (Å²) >= 11 is 0. The van der Waals surface area contributed by atoms with Crippen LogP contribution in [0.15, 0.2) is 0 Å². The lowest BCUT2D eigenvalue weighted by Crippen LogP contribution is -2.17. The molecule has 0 aromatic carbocycles. The molecule has 104 valence electrons. The Balaban J connectivity index is 1.82. The van der Waals surface area contributed by atoms with Gasteiger partial charge in [-0.3, -0.25) is 9.48 Å². The highest BCUT2D eigenvalue weighted by Gasteiger charge is 2.51. The number of carbonyl (C=O) groups excluding carboxylic acids is 1. The fraction of sp³-hybridized carbons (Fsp3) is 0.733. The van der Waals surface area contributed by atoms with E-state index in [0.29, 0.717) is 5.92 Å². The van der Waals surface area contributed by atoms with Gasteiger partial charge in [0.05, 0.1) is 0 Å². The molecule has 0 unspecified atom stereocenters. The van der Waals surface area contributed by atoms with Crippen LogP contribution in [-0.2, 0) is 11.3 Å². The van der Waals surface area contributed by atoms with Crippen LogP contribution < -0.4 is 5.32 Å². The number of hydrogen-bond acceptors (Lipinski definition) is 2. The first-order chi connectivity index (χ1) is 8.94. The van der Waals surface area contributed by atoms with E-state index in [1.165, 1.54) is 24.1 Å². The van der Waals surface area contributed by atoms with Gasteiger partial charge in [0.2, 0.25) is 5.91 Å². The van der Waals surface area contributed by atoms with Crippen molar-refractivity contribution in [3.63, 3.8) is 0 Å².